The van der Waals surface area contributed by atoms with E-state index >= 15 is 0 Å². The van der Waals surface area contributed by atoms with Crippen LogP contribution < -0.4 is 11.3 Å². The summed E-state index contributed by atoms with van der Waals surface area (Å²) in [7, 11) is 0. The van der Waals surface area contributed by atoms with Crippen LogP contribution in [-0.4, -0.2) is 0 Å². The molecular weight excluding hydrogens is 244 g/mol. The van der Waals surface area contributed by atoms with Crippen molar-refractivity contribution >= 4 is 0 Å². The number of nitrogens with one attached hydrogen (secondary N) is 1. The van der Waals surface area contributed by atoms with Gasteiger partial charge in [0.15, 0.2) is 0 Å². The van der Waals surface area contributed by atoms with Crippen molar-refractivity contribution < 1.29 is 0 Å². The maximum absolute atomic E-state index is 5.80. The Morgan fingerprint density at radius 2 is 1.50 bits per heavy atom. The first-order valence-electron chi connectivity index (χ1n) is 7.10. The van der Waals surface area contributed by atoms with Crippen LogP contribution in [0.2, 0.25) is 0 Å². The third kappa shape index (κ3) is 3.27. The fourth-order valence-electron chi connectivity index (χ4n) is 2.86. The summed E-state index contributed by atoms with van der Waals surface area (Å²) < 4.78 is 0. The molecule has 0 saturated carbocycles. The minimum absolute atomic E-state index is 0.147. The van der Waals surface area contributed by atoms with Crippen LogP contribution in [0, 0.1) is 27.7 Å². The lowest BCUT2D eigenvalue weighted by atomic mass is 9.92. The van der Waals surface area contributed by atoms with Crippen molar-refractivity contribution in [2.45, 2.75) is 40.2 Å². The highest BCUT2D eigenvalue weighted by Gasteiger charge is 2.14. The van der Waals surface area contributed by atoms with Crippen LogP contribution in [-0.2, 0) is 6.42 Å². The number of nitrogens with two attached hydrogens (primary N) is 1. The van der Waals surface area contributed by atoms with Gasteiger partial charge >= 0.3 is 0 Å². The summed E-state index contributed by atoms with van der Waals surface area (Å²) in [4.78, 5) is 0. The summed E-state index contributed by atoms with van der Waals surface area (Å²) in [5.74, 6) is 5.80. The van der Waals surface area contributed by atoms with Gasteiger partial charge in [0.2, 0.25) is 0 Å². The molecule has 0 aliphatic rings. The zero-order valence-corrected chi connectivity index (χ0v) is 12.8. The fourth-order valence-corrected chi connectivity index (χ4v) is 2.86. The Labute approximate surface area is 122 Å². The SMILES string of the molecule is Cc1cc(C)cc(C(Cc2c(C)cccc2C)NN)c1. The van der Waals surface area contributed by atoms with Gasteiger partial charge in [-0.2, -0.15) is 0 Å². The van der Waals surface area contributed by atoms with E-state index < -0.39 is 0 Å². The Bertz CT molecular complexity index is 562. The fraction of sp³-hybridized carbons (Fsp3) is 0.333. The summed E-state index contributed by atoms with van der Waals surface area (Å²) in [5, 5.41) is 0. The lowest BCUT2D eigenvalue weighted by molar-refractivity contribution is 0.549. The molecule has 1 atom stereocenters. The standard InChI is InChI=1S/C18H24N2/c1-12-8-13(2)10-16(9-12)18(20-19)11-17-14(3)6-5-7-15(17)4/h5-10,18,20H,11,19H2,1-4H3. The van der Waals surface area contributed by atoms with E-state index in [-0.39, 0.29) is 6.04 Å². The molecule has 20 heavy (non-hydrogen) atoms. The molecule has 2 aromatic carbocycles. The molecule has 0 aromatic heterocycles. The summed E-state index contributed by atoms with van der Waals surface area (Å²) in [6.45, 7) is 8.58. The van der Waals surface area contributed by atoms with Gasteiger partial charge in [-0.1, -0.05) is 47.5 Å². The molecule has 106 valence electrons. The predicted octanol–water partition coefficient (Wildman–Crippen LogP) is 3.67. The minimum Gasteiger partial charge on any atom is -0.271 e. The Hall–Kier alpha value is -1.64. The average molecular weight is 268 g/mol. The molecule has 0 amide bonds. The molecule has 2 heteroatoms. The van der Waals surface area contributed by atoms with Crippen molar-refractivity contribution in [2.24, 2.45) is 5.84 Å². The molecule has 0 spiro atoms. The number of hydrogen-bond acceptors (Lipinski definition) is 2. The molecule has 2 aromatic rings. The van der Waals surface area contributed by atoms with E-state index in [2.05, 4.69) is 69.5 Å². The third-order valence-electron chi connectivity index (χ3n) is 3.90. The van der Waals surface area contributed by atoms with Gasteiger partial charge in [0.05, 0.1) is 6.04 Å². The van der Waals surface area contributed by atoms with E-state index in [1.54, 1.807) is 0 Å². The first-order chi connectivity index (χ1) is 9.51. The second kappa shape index (κ2) is 6.21. The van der Waals surface area contributed by atoms with Gasteiger partial charge in [-0.15, -0.1) is 0 Å². The minimum atomic E-state index is 0.147. The van der Waals surface area contributed by atoms with Crippen molar-refractivity contribution in [3.05, 3.63) is 69.8 Å². The highest BCUT2D eigenvalue weighted by molar-refractivity contribution is 5.37. The maximum atomic E-state index is 5.80. The molecular formula is C18H24N2. The van der Waals surface area contributed by atoms with Crippen LogP contribution in [0.4, 0.5) is 0 Å². The Morgan fingerprint density at radius 3 is 2.00 bits per heavy atom. The van der Waals surface area contributed by atoms with Gasteiger partial charge in [-0.05, 0) is 56.4 Å². The van der Waals surface area contributed by atoms with Crippen molar-refractivity contribution in [1.82, 2.24) is 5.43 Å². The molecule has 0 radical (unpaired) electrons. The van der Waals surface area contributed by atoms with Crippen LogP contribution in [0.1, 0.15) is 39.4 Å². The molecule has 0 heterocycles. The van der Waals surface area contributed by atoms with Crippen LogP contribution in [0.5, 0.6) is 0 Å². The highest BCUT2D eigenvalue weighted by atomic mass is 15.2. The summed E-state index contributed by atoms with van der Waals surface area (Å²) in [5.41, 5.74) is 10.8. The molecule has 0 fully saturated rings. The Balaban J connectivity index is 2.33. The average Bonchev–Trinajstić information content (AvgIpc) is 2.37. The summed E-state index contributed by atoms with van der Waals surface area (Å²) in [6, 6.07) is 13.2. The zero-order chi connectivity index (χ0) is 14.7. The van der Waals surface area contributed by atoms with E-state index in [1.165, 1.54) is 33.4 Å². The molecule has 2 nitrogen and oxygen atoms in total. The van der Waals surface area contributed by atoms with E-state index in [9.17, 15) is 0 Å². The van der Waals surface area contributed by atoms with E-state index in [0.29, 0.717) is 0 Å². The number of hydrogen-bond donors (Lipinski definition) is 2. The lowest BCUT2D eigenvalue weighted by Gasteiger charge is -2.20. The summed E-state index contributed by atoms with van der Waals surface area (Å²) >= 11 is 0. The largest absolute Gasteiger partial charge is 0.271 e. The van der Waals surface area contributed by atoms with Gasteiger partial charge in [-0.25, -0.2) is 0 Å². The number of aryl methyl sites for hydroxylation is 4. The quantitative estimate of drug-likeness (QED) is 0.656. The molecule has 0 saturated heterocycles. The lowest BCUT2D eigenvalue weighted by Crippen LogP contribution is -2.30. The van der Waals surface area contributed by atoms with Gasteiger partial charge < -0.3 is 0 Å². The maximum Gasteiger partial charge on any atom is 0.0500 e. The van der Waals surface area contributed by atoms with E-state index in [1.807, 2.05) is 0 Å². The van der Waals surface area contributed by atoms with Gasteiger partial charge in [0.1, 0.15) is 0 Å². The molecule has 0 aliphatic heterocycles. The second-order valence-corrected chi connectivity index (χ2v) is 5.71. The van der Waals surface area contributed by atoms with Crippen LogP contribution in [0.15, 0.2) is 36.4 Å². The van der Waals surface area contributed by atoms with E-state index in [4.69, 9.17) is 5.84 Å². The number of hydrazine groups is 1. The monoisotopic (exact) mass is 268 g/mol. The number of rotatable bonds is 4. The predicted molar refractivity (Wildman–Crippen MR) is 85.6 cm³/mol. The van der Waals surface area contributed by atoms with Crippen LogP contribution >= 0.6 is 0 Å². The Kier molecular flexibility index (Phi) is 4.58. The summed E-state index contributed by atoms with van der Waals surface area (Å²) in [6.07, 6.45) is 0.915. The van der Waals surface area contributed by atoms with Gasteiger partial charge in [-0.3, -0.25) is 11.3 Å². The number of benzene rings is 2. The third-order valence-corrected chi connectivity index (χ3v) is 3.90. The first-order valence-corrected chi connectivity index (χ1v) is 7.10. The smallest absolute Gasteiger partial charge is 0.0500 e. The molecule has 2 rings (SSSR count). The van der Waals surface area contributed by atoms with Gasteiger partial charge in [0.25, 0.3) is 0 Å². The second-order valence-electron chi connectivity index (χ2n) is 5.71. The van der Waals surface area contributed by atoms with Crippen LogP contribution in [0.25, 0.3) is 0 Å². The molecule has 3 N–H and O–H groups in total. The van der Waals surface area contributed by atoms with Crippen molar-refractivity contribution in [2.75, 3.05) is 0 Å². The van der Waals surface area contributed by atoms with Crippen molar-refractivity contribution in [1.29, 1.82) is 0 Å². The van der Waals surface area contributed by atoms with Crippen LogP contribution in [0.3, 0.4) is 0 Å². The normalized spacial score (nSPS) is 12.4. The highest BCUT2D eigenvalue weighted by Crippen LogP contribution is 2.24. The van der Waals surface area contributed by atoms with Crippen molar-refractivity contribution in [3.63, 3.8) is 0 Å². The van der Waals surface area contributed by atoms with E-state index in [0.717, 1.165) is 6.42 Å². The topological polar surface area (TPSA) is 38.0 Å². The molecule has 0 bridgehead atoms. The van der Waals surface area contributed by atoms with Gasteiger partial charge in [0, 0.05) is 0 Å². The zero-order valence-electron chi connectivity index (χ0n) is 12.8. The molecule has 0 aliphatic carbocycles. The first kappa shape index (κ1) is 14.8. The van der Waals surface area contributed by atoms with Crippen molar-refractivity contribution in [3.8, 4) is 0 Å². The molecule has 1 unspecified atom stereocenters. The Morgan fingerprint density at radius 1 is 0.950 bits per heavy atom.